The smallest absolute Gasteiger partial charge is 0.442 e. The Bertz CT molecular complexity index is 1120. The summed E-state index contributed by atoms with van der Waals surface area (Å²) in [5, 5.41) is 16.4. The number of non-ortho nitro benzene ring substituents is 1. The maximum atomic E-state index is 12.2. The van der Waals surface area contributed by atoms with Crippen LogP contribution in [0.15, 0.2) is 56.8 Å². The van der Waals surface area contributed by atoms with Crippen LogP contribution < -0.4 is 20.4 Å². The summed E-state index contributed by atoms with van der Waals surface area (Å²) in [5.41, 5.74) is 1.19. The summed E-state index contributed by atoms with van der Waals surface area (Å²) in [6, 6.07) is 11.3. The molecule has 0 aliphatic carbocycles. The van der Waals surface area contributed by atoms with E-state index in [0.717, 1.165) is 0 Å². The van der Waals surface area contributed by atoms with E-state index in [4.69, 9.17) is 9.26 Å². The maximum Gasteiger partial charge on any atom is 0.442 e. The van der Waals surface area contributed by atoms with Crippen molar-refractivity contribution in [1.29, 1.82) is 0 Å². The highest BCUT2D eigenvalue weighted by molar-refractivity contribution is 7.99. The predicted octanol–water partition coefficient (Wildman–Crippen LogP) is 2.59. The van der Waals surface area contributed by atoms with Gasteiger partial charge in [0.05, 0.1) is 12.0 Å². The Hall–Kier alpha value is -3.60. The molecule has 30 heavy (non-hydrogen) atoms. The van der Waals surface area contributed by atoms with Crippen LogP contribution in [0.25, 0.3) is 5.69 Å². The Kier molecular flexibility index (Phi) is 6.52. The summed E-state index contributed by atoms with van der Waals surface area (Å²) in [5.74, 6) is 0.740. The number of benzene rings is 2. The van der Waals surface area contributed by atoms with Gasteiger partial charge < -0.3 is 10.1 Å². The van der Waals surface area contributed by atoms with Gasteiger partial charge in [-0.05, 0) is 52.4 Å². The first-order valence-corrected chi connectivity index (χ1v) is 9.83. The highest BCUT2D eigenvalue weighted by atomic mass is 32.2. The first-order valence-electron chi connectivity index (χ1n) is 8.84. The molecule has 0 unspecified atom stereocenters. The predicted molar refractivity (Wildman–Crippen MR) is 109 cm³/mol. The SMILES string of the molecule is COc1ccc(-[n+]2[nH]oc(=O)c2SCCC(=O)Nc2ccc([N+](=O)[O-])cc2C)cc1. The number of nitrogens with one attached hydrogen (secondary N) is 2. The molecule has 0 spiro atoms. The van der Waals surface area contributed by atoms with Gasteiger partial charge in [0.1, 0.15) is 5.75 Å². The van der Waals surface area contributed by atoms with Crippen molar-refractivity contribution >= 4 is 29.0 Å². The maximum absolute atomic E-state index is 12.2. The molecule has 156 valence electrons. The van der Waals surface area contributed by atoms with Crippen LogP contribution in [0.1, 0.15) is 12.0 Å². The lowest BCUT2D eigenvalue weighted by molar-refractivity contribution is -0.704. The van der Waals surface area contributed by atoms with Crippen molar-refractivity contribution in [1.82, 2.24) is 5.27 Å². The normalized spacial score (nSPS) is 10.6. The monoisotopic (exact) mass is 431 g/mol. The van der Waals surface area contributed by atoms with Crippen molar-refractivity contribution in [2.24, 2.45) is 0 Å². The minimum atomic E-state index is -0.539. The van der Waals surface area contributed by atoms with Crippen LogP contribution in [0.4, 0.5) is 11.4 Å². The fourth-order valence-corrected chi connectivity index (χ4v) is 3.56. The molecule has 1 aromatic heterocycles. The van der Waals surface area contributed by atoms with E-state index in [0.29, 0.717) is 33.5 Å². The van der Waals surface area contributed by atoms with Gasteiger partial charge in [-0.1, -0.05) is 0 Å². The number of methoxy groups -OCH3 is 1. The molecule has 0 saturated carbocycles. The molecule has 10 nitrogen and oxygen atoms in total. The molecule has 0 aliphatic heterocycles. The quantitative estimate of drug-likeness (QED) is 0.242. The van der Waals surface area contributed by atoms with Gasteiger partial charge in [-0.2, -0.15) is 0 Å². The number of anilines is 1. The van der Waals surface area contributed by atoms with Crippen molar-refractivity contribution in [2.45, 2.75) is 18.4 Å². The Morgan fingerprint density at radius 3 is 2.67 bits per heavy atom. The van der Waals surface area contributed by atoms with E-state index >= 15 is 0 Å². The largest absolute Gasteiger partial charge is 0.497 e. The molecule has 2 N–H and O–H groups in total. The van der Waals surface area contributed by atoms with Crippen LogP contribution in [0, 0.1) is 17.0 Å². The third-order valence-electron chi connectivity index (χ3n) is 4.20. The molecule has 0 radical (unpaired) electrons. The van der Waals surface area contributed by atoms with Gasteiger partial charge >= 0.3 is 10.7 Å². The van der Waals surface area contributed by atoms with Crippen molar-refractivity contribution in [2.75, 3.05) is 18.2 Å². The number of aryl methyl sites for hydroxylation is 1. The number of rotatable bonds is 8. The molecule has 0 fully saturated rings. The average Bonchev–Trinajstić information content (AvgIpc) is 3.10. The zero-order chi connectivity index (χ0) is 21.7. The minimum absolute atomic E-state index is 0.0386. The topological polar surface area (TPSA) is 131 Å². The van der Waals surface area contributed by atoms with E-state index < -0.39 is 10.5 Å². The number of aromatic amines is 1. The van der Waals surface area contributed by atoms with Crippen molar-refractivity contribution in [3.8, 4) is 11.4 Å². The van der Waals surface area contributed by atoms with Gasteiger partial charge in [0, 0.05) is 42.1 Å². The van der Waals surface area contributed by atoms with E-state index in [9.17, 15) is 19.7 Å². The Morgan fingerprint density at radius 2 is 2.03 bits per heavy atom. The number of aromatic nitrogens is 2. The fraction of sp³-hybridized carbons (Fsp3) is 0.211. The summed E-state index contributed by atoms with van der Waals surface area (Å²) in [6.45, 7) is 1.68. The first kappa shape index (κ1) is 21.1. The van der Waals surface area contributed by atoms with Crippen LogP contribution in [0.2, 0.25) is 0 Å². The average molecular weight is 431 g/mol. The van der Waals surface area contributed by atoms with Crippen LogP contribution in [0.3, 0.4) is 0 Å². The van der Waals surface area contributed by atoms with Crippen molar-refractivity contribution in [3.63, 3.8) is 0 Å². The molecule has 3 rings (SSSR count). The van der Waals surface area contributed by atoms with E-state index in [1.54, 1.807) is 38.3 Å². The number of ether oxygens (including phenoxy) is 1. The van der Waals surface area contributed by atoms with Crippen LogP contribution in [-0.4, -0.2) is 29.0 Å². The molecule has 0 aliphatic rings. The van der Waals surface area contributed by atoms with Gasteiger partial charge in [0.25, 0.3) is 5.69 Å². The number of thioether (sulfide) groups is 1. The van der Waals surface area contributed by atoms with Gasteiger partial charge in [-0.3, -0.25) is 19.4 Å². The zero-order valence-electron chi connectivity index (χ0n) is 16.2. The summed E-state index contributed by atoms with van der Waals surface area (Å²) >= 11 is 1.18. The van der Waals surface area contributed by atoms with Gasteiger partial charge in [0.15, 0.2) is 0 Å². The van der Waals surface area contributed by atoms with E-state index in [1.165, 1.54) is 34.6 Å². The summed E-state index contributed by atoms with van der Waals surface area (Å²) in [4.78, 5) is 34.6. The number of nitro groups is 1. The van der Waals surface area contributed by atoms with Gasteiger partial charge in [0.2, 0.25) is 11.6 Å². The molecule has 1 amide bonds. The lowest BCUT2D eigenvalue weighted by Crippen LogP contribution is -2.36. The second-order valence-electron chi connectivity index (χ2n) is 6.22. The number of hydrogen-bond donors (Lipinski definition) is 2. The van der Waals surface area contributed by atoms with Crippen molar-refractivity contribution < 1.29 is 23.7 Å². The molecule has 0 bridgehead atoms. The number of hydrogen-bond acceptors (Lipinski definition) is 7. The molecular formula is C19H19N4O6S+. The summed E-state index contributed by atoms with van der Waals surface area (Å²) in [7, 11) is 1.56. The zero-order valence-corrected chi connectivity index (χ0v) is 17.0. The third-order valence-corrected chi connectivity index (χ3v) is 5.23. The number of nitrogens with zero attached hydrogens (tertiary/aromatic N) is 2. The Labute approximate surface area is 174 Å². The van der Waals surface area contributed by atoms with E-state index in [-0.39, 0.29) is 18.0 Å². The van der Waals surface area contributed by atoms with Gasteiger partial charge in [-0.25, -0.2) is 4.79 Å². The molecule has 2 aromatic carbocycles. The lowest BCUT2D eigenvalue weighted by Gasteiger charge is -2.07. The van der Waals surface area contributed by atoms with Crippen LogP contribution >= 0.6 is 11.8 Å². The van der Waals surface area contributed by atoms with Crippen LogP contribution in [-0.2, 0) is 4.79 Å². The number of amides is 1. The highest BCUT2D eigenvalue weighted by Crippen LogP contribution is 2.22. The number of nitro benzene ring substituents is 1. The molecule has 3 aromatic rings. The second kappa shape index (κ2) is 9.27. The lowest BCUT2D eigenvalue weighted by atomic mass is 10.2. The van der Waals surface area contributed by atoms with Crippen molar-refractivity contribution in [3.05, 3.63) is 68.6 Å². The molecule has 0 saturated heterocycles. The Balaban J connectivity index is 1.61. The molecule has 11 heteroatoms. The second-order valence-corrected chi connectivity index (χ2v) is 7.31. The van der Waals surface area contributed by atoms with E-state index in [1.807, 2.05) is 0 Å². The number of carbonyl (C=O) groups is 1. The minimum Gasteiger partial charge on any atom is -0.497 e. The molecule has 1 heterocycles. The standard InChI is InChI=1S/C19H18N4O6S/c1-12-11-14(23(26)27)5-8-16(12)20-17(24)9-10-30-18-19(25)29-21-22(18)13-3-6-15(28-2)7-4-13/h3-8,11H,9-10H2,1-2H3,(H-,20,21,24,25)/p+1. The third kappa shape index (κ3) is 4.87. The van der Waals surface area contributed by atoms with Gasteiger partial charge in [-0.15, -0.1) is 0 Å². The van der Waals surface area contributed by atoms with Crippen LogP contribution in [0.5, 0.6) is 5.75 Å². The first-order chi connectivity index (χ1) is 14.4. The molecule has 0 atom stereocenters. The Morgan fingerprint density at radius 1 is 1.30 bits per heavy atom. The summed E-state index contributed by atoms with van der Waals surface area (Å²) in [6.07, 6.45) is 0.133. The molecular weight excluding hydrogens is 412 g/mol. The number of H-pyrrole nitrogens is 1. The van der Waals surface area contributed by atoms with E-state index in [2.05, 4.69) is 10.6 Å². The fourth-order valence-electron chi connectivity index (χ4n) is 2.64. The summed E-state index contributed by atoms with van der Waals surface area (Å²) < 4.78 is 11.5. The number of carbonyl (C=O) groups excluding carboxylic acids is 1. The highest BCUT2D eigenvalue weighted by Gasteiger charge is 2.24.